The lowest BCUT2D eigenvalue weighted by atomic mass is 9.86. The minimum absolute atomic E-state index is 0.0444. The first-order valence-corrected chi connectivity index (χ1v) is 11.4. The molecule has 7 heteroatoms. The minimum atomic E-state index is 0.0444. The van der Waals surface area contributed by atoms with Crippen LogP contribution in [0.15, 0.2) is 30.5 Å². The second-order valence-electron chi connectivity index (χ2n) is 8.26. The number of methoxy groups -OCH3 is 1. The molecule has 0 bridgehead atoms. The normalized spacial score (nSPS) is 18.5. The Bertz CT molecular complexity index is 889. The van der Waals surface area contributed by atoms with Crippen LogP contribution in [0, 0.1) is 5.92 Å². The standard InChI is InChI=1S/C24H33N5O2/c1-4-27(5-2)24-25-17-19-16-18(6-11-22(19)26-24)23(30)29-14-12-28(13-15-29)20-7-9-21(31-3)10-8-20/h7-10,17-18H,4-6,11-16H2,1-3H3/t18-/m1/s1. The van der Waals surface area contributed by atoms with Crippen LogP contribution in [-0.2, 0) is 17.6 Å². The Hall–Kier alpha value is -2.83. The summed E-state index contributed by atoms with van der Waals surface area (Å²) in [5.41, 5.74) is 3.43. The molecule has 1 atom stereocenters. The van der Waals surface area contributed by atoms with Crippen LogP contribution in [0.25, 0.3) is 0 Å². The molecule has 0 saturated carbocycles. The van der Waals surface area contributed by atoms with Crippen molar-refractivity contribution < 1.29 is 9.53 Å². The van der Waals surface area contributed by atoms with Crippen LogP contribution in [0.3, 0.4) is 0 Å². The first kappa shape index (κ1) is 21.4. The van der Waals surface area contributed by atoms with Crippen LogP contribution in [0.4, 0.5) is 11.6 Å². The molecule has 1 aromatic carbocycles. The molecule has 7 nitrogen and oxygen atoms in total. The molecule has 0 spiro atoms. The van der Waals surface area contributed by atoms with Crippen molar-refractivity contribution in [3.05, 3.63) is 41.7 Å². The molecular weight excluding hydrogens is 390 g/mol. The number of aryl methyl sites for hydroxylation is 1. The van der Waals surface area contributed by atoms with Gasteiger partial charge in [0.05, 0.1) is 7.11 Å². The van der Waals surface area contributed by atoms with Gasteiger partial charge in [0.2, 0.25) is 11.9 Å². The molecule has 0 unspecified atom stereocenters. The molecule has 1 amide bonds. The Morgan fingerprint density at radius 2 is 1.84 bits per heavy atom. The van der Waals surface area contributed by atoms with Crippen LogP contribution in [0.2, 0.25) is 0 Å². The van der Waals surface area contributed by atoms with Crippen LogP contribution in [0.5, 0.6) is 5.75 Å². The summed E-state index contributed by atoms with van der Waals surface area (Å²) in [6, 6.07) is 8.14. The number of amides is 1. The summed E-state index contributed by atoms with van der Waals surface area (Å²) in [5, 5.41) is 0. The number of rotatable bonds is 6. The van der Waals surface area contributed by atoms with E-state index in [1.807, 2.05) is 23.2 Å². The number of ether oxygens (including phenoxy) is 1. The number of carbonyl (C=O) groups is 1. The molecule has 0 radical (unpaired) electrons. The van der Waals surface area contributed by atoms with E-state index in [1.54, 1.807) is 7.11 Å². The maximum absolute atomic E-state index is 13.2. The van der Waals surface area contributed by atoms with Crippen LogP contribution < -0.4 is 14.5 Å². The van der Waals surface area contributed by atoms with Crippen molar-refractivity contribution in [1.29, 1.82) is 0 Å². The number of anilines is 2. The van der Waals surface area contributed by atoms with E-state index in [1.165, 1.54) is 5.69 Å². The molecule has 1 fully saturated rings. The Kier molecular flexibility index (Phi) is 6.59. The van der Waals surface area contributed by atoms with E-state index in [2.05, 4.69) is 40.8 Å². The van der Waals surface area contributed by atoms with Crippen molar-refractivity contribution in [1.82, 2.24) is 14.9 Å². The predicted molar refractivity (Wildman–Crippen MR) is 123 cm³/mol. The fourth-order valence-electron chi connectivity index (χ4n) is 4.60. The monoisotopic (exact) mass is 423 g/mol. The quantitative estimate of drug-likeness (QED) is 0.712. The van der Waals surface area contributed by atoms with Crippen LogP contribution >= 0.6 is 0 Å². The Morgan fingerprint density at radius 1 is 1.13 bits per heavy atom. The van der Waals surface area contributed by atoms with E-state index in [4.69, 9.17) is 9.72 Å². The smallest absolute Gasteiger partial charge is 0.226 e. The van der Waals surface area contributed by atoms with Crippen molar-refractivity contribution in [2.75, 3.05) is 56.2 Å². The third kappa shape index (κ3) is 4.60. The number of fused-ring (bicyclic) bond motifs is 1. The molecule has 2 aromatic rings. The summed E-state index contributed by atoms with van der Waals surface area (Å²) in [6.07, 6.45) is 4.43. The third-order valence-corrected chi connectivity index (χ3v) is 6.56. The zero-order valence-electron chi connectivity index (χ0n) is 18.9. The number of nitrogens with zero attached hydrogens (tertiary/aromatic N) is 5. The van der Waals surface area contributed by atoms with Gasteiger partial charge in [-0.05, 0) is 62.9 Å². The first-order chi connectivity index (χ1) is 15.1. The third-order valence-electron chi connectivity index (χ3n) is 6.56. The number of hydrogen-bond acceptors (Lipinski definition) is 6. The number of aromatic nitrogens is 2. The second kappa shape index (κ2) is 9.54. The zero-order chi connectivity index (χ0) is 21.8. The van der Waals surface area contributed by atoms with E-state index in [0.29, 0.717) is 0 Å². The molecule has 1 aliphatic carbocycles. The average Bonchev–Trinajstić information content (AvgIpc) is 2.84. The summed E-state index contributed by atoms with van der Waals surface area (Å²) in [4.78, 5) is 29.1. The van der Waals surface area contributed by atoms with Gasteiger partial charge >= 0.3 is 0 Å². The summed E-state index contributed by atoms with van der Waals surface area (Å²) in [6.45, 7) is 9.30. The molecular formula is C24H33N5O2. The van der Waals surface area contributed by atoms with Crippen LogP contribution in [0.1, 0.15) is 31.5 Å². The van der Waals surface area contributed by atoms with Gasteiger partial charge in [0, 0.05) is 62.8 Å². The zero-order valence-corrected chi connectivity index (χ0v) is 18.9. The van der Waals surface area contributed by atoms with E-state index in [9.17, 15) is 4.79 Å². The second-order valence-corrected chi connectivity index (χ2v) is 8.26. The molecule has 31 heavy (non-hydrogen) atoms. The van der Waals surface area contributed by atoms with Crippen molar-refractivity contribution in [3.8, 4) is 5.75 Å². The highest BCUT2D eigenvalue weighted by Gasteiger charge is 2.31. The SMILES string of the molecule is CCN(CC)c1ncc2c(n1)CC[C@@H](C(=O)N1CCN(c3ccc(OC)cc3)CC1)C2. The van der Waals surface area contributed by atoms with Crippen molar-refractivity contribution in [3.63, 3.8) is 0 Å². The maximum Gasteiger partial charge on any atom is 0.226 e. The predicted octanol–water partition coefficient (Wildman–Crippen LogP) is 2.79. The van der Waals surface area contributed by atoms with Crippen molar-refractivity contribution in [2.45, 2.75) is 33.1 Å². The van der Waals surface area contributed by atoms with E-state index >= 15 is 0 Å². The molecule has 1 aromatic heterocycles. The summed E-state index contributed by atoms with van der Waals surface area (Å²) in [7, 11) is 1.68. The van der Waals surface area contributed by atoms with Gasteiger partial charge < -0.3 is 19.4 Å². The lowest BCUT2D eigenvalue weighted by Gasteiger charge is -2.38. The van der Waals surface area contributed by atoms with Gasteiger partial charge in [-0.15, -0.1) is 0 Å². The highest BCUT2D eigenvalue weighted by atomic mass is 16.5. The molecule has 1 saturated heterocycles. The largest absolute Gasteiger partial charge is 0.497 e. The van der Waals surface area contributed by atoms with Gasteiger partial charge in [-0.1, -0.05) is 0 Å². The van der Waals surface area contributed by atoms with Gasteiger partial charge in [-0.3, -0.25) is 4.79 Å². The number of carbonyl (C=O) groups excluding carboxylic acids is 1. The first-order valence-electron chi connectivity index (χ1n) is 11.4. The molecule has 166 valence electrons. The average molecular weight is 424 g/mol. The van der Waals surface area contributed by atoms with Gasteiger partial charge in [0.25, 0.3) is 0 Å². The van der Waals surface area contributed by atoms with E-state index in [-0.39, 0.29) is 11.8 Å². The lowest BCUT2D eigenvalue weighted by Crippen LogP contribution is -2.51. The summed E-state index contributed by atoms with van der Waals surface area (Å²) in [5.74, 6) is 2.00. The van der Waals surface area contributed by atoms with Gasteiger partial charge in [0.1, 0.15) is 5.75 Å². The highest BCUT2D eigenvalue weighted by molar-refractivity contribution is 5.80. The Morgan fingerprint density at radius 3 is 2.48 bits per heavy atom. The van der Waals surface area contributed by atoms with Gasteiger partial charge in [-0.25, -0.2) is 9.97 Å². The molecule has 2 heterocycles. The van der Waals surface area contributed by atoms with Gasteiger partial charge in [-0.2, -0.15) is 0 Å². The molecule has 4 rings (SSSR count). The van der Waals surface area contributed by atoms with Crippen molar-refractivity contribution >= 4 is 17.5 Å². The molecule has 0 N–H and O–H groups in total. The fourth-order valence-corrected chi connectivity index (χ4v) is 4.60. The Balaban J connectivity index is 1.34. The lowest BCUT2D eigenvalue weighted by molar-refractivity contribution is -0.136. The maximum atomic E-state index is 13.2. The summed E-state index contributed by atoms with van der Waals surface area (Å²) < 4.78 is 5.24. The molecule has 1 aliphatic heterocycles. The fraction of sp³-hybridized carbons (Fsp3) is 0.542. The number of benzene rings is 1. The van der Waals surface area contributed by atoms with E-state index in [0.717, 1.165) is 81.5 Å². The minimum Gasteiger partial charge on any atom is -0.497 e. The summed E-state index contributed by atoms with van der Waals surface area (Å²) >= 11 is 0. The highest BCUT2D eigenvalue weighted by Crippen LogP contribution is 2.28. The van der Waals surface area contributed by atoms with Gasteiger partial charge in [0.15, 0.2) is 0 Å². The molecule has 2 aliphatic rings. The topological polar surface area (TPSA) is 61.8 Å². The van der Waals surface area contributed by atoms with E-state index < -0.39 is 0 Å². The number of piperazine rings is 1. The van der Waals surface area contributed by atoms with Crippen LogP contribution in [-0.4, -0.2) is 67.2 Å². The number of hydrogen-bond donors (Lipinski definition) is 0. The Labute approximate surface area is 185 Å². The van der Waals surface area contributed by atoms with Crippen molar-refractivity contribution in [2.24, 2.45) is 5.92 Å².